The Hall–Kier alpha value is -10.3. The van der Waals surface area contributed by atoms with Crippen LogP contribution in [0.3, 0.4) is 0 Å². The minimum Gasteiger partial charge on any atom is -0.543 e. The zero-order valence-electron chi connectivity index (χ0n) is 76.8. The first-order valence-corrected chi connectivity index (χ1v) is 62.2. The van der Waals surface area contributed by atoms with Crippen LogP contribution in [0.1, 0.15) is 105 Å². The molecule has 8 aliphatic rings. The second-order valence-electron chi connectivity index (χ2n) is 35.2. The van der Waals surface area contributed by atoms with Crippen molar-refractivity contribution < 1.29 is 61.6 Å². The molecule has 0 aliphatic carbocycles. The van der Waals surface area contributed by atoms with E-state index in [1.165, 1.54) is 54.6 Å². The molecule has 0 unspecified atom stereocenters. The van der Waals surface area contributed by atoms with Crippen LogP contribution in [0, 0.1) is 0 Å². The summed E-state index contributed by atoms with van der Waals surface area (Å²) in [5.74, 6) is -5.76. The topological polar surface area (TPSA) is 167 Å². The Balaban J connectivity index is 0.590. The molecule has 30 heteroatoms. The van der Waals surface area contributed by atoms with Gasteiger partial charge in [0.15, 0.2) is 0 Å². The standard InChI is InChI=1S/C114H76O13S16Si/c1-114(2,3)144(4,5)127-75-57-71(104(119)125-73-53-67(100(115)121-59-63-22-26-84-88(46-63)96(110-136-38-39-137-110)80-18-10-6-14-76(80)92(84)106-128-30-31-129-106)50-68(54-73)101(116)122-60-64-23-27-85-89(47-64)97(111-138-40-41-139-111)81-19-11-7-15-77(81)93(85)107-130-32-33-131-107)52-72(58-75)105(120)126-74-55-69(102(117)123-61-65-24-28-86-90(48-65)98(112-140-42-43-141-112)82-20-12-8-16-78(82)94(86)108-132-34-35-133-108)51-70(56-74)103(118)124-62-66-25-29-87-91(49-66)99(113-142-44-45-143-113)83-21-13-9-17-79(83)95(87)109-134-36-37-135-109/h6-58H,59-62H2,1-5H3. The van der Waals surface area contributed by atoms with Gasteiger partial charge in [0, 0.05) is 41.7 Å². The van der Waals surface area contributed by atoms with Crippen molar-refractivity contribution >= 4 is 352 Å². The number of rotatable bonds is 18. The van der Waals surface area contributed by atoms with E-state index in [0.717, 1.165) is 162 Å². The van der Waals surface area contributed by atoms with Gasteiger partial charge in [0.05, 0.1) is 67.3 Å². The van der Waals surface area contributed by atoms with Crippen molar-refractivity contribution in [2.75, 3.05) is 0 Å². The number of carbonyl (C=O) groups is 6. The molecule has 0 atom stereocenters. The van der Waals surface area contributed by atoms with Crippen molar-refractivity contribution in [3.63, 3.8) is 0 Å². The van der Waals surface area contributed by atoms with Crippen molar-refractivity contribution in [1.82, 2.24) is 0 Å². The molecule has 0 radical (unpaired) electrons. The van der Waals surface area contributed by atoms with Gasteiger partial charge >= 0.3 is 35.8 Å². The molecule has 0 spiro atoms. The van der Waals surface area contributed by atoms with Gasteiger partial charge < -0.3 is 32.8 Å². The van der Waals surface area contributed by atoms with Crippen molar-refractivity contribution in [2.45, 2.75) is 65.3 Å². The molecule has 0 N–H and O–H groups in total. The Morgan fingerprint density at radius 1 is 0.215 bits per heavy atom. The van der Waals surface area contributed by atoms with Crippen molar-refractivity contribution in [3.8, 4) is 17.2 Å². The summed E-state index contributed by atoms with van der Waals surface area (Å²) in [6.07, 6.45) is 0. The molecule has 15 aromatic carbocycles. The van der Waals surface area contributed by atoms with E-state index in [4.69, 9.17) is 32.8 Å². The number of esters is 6. The molecule has 0 saturated heterocycles. The van der Waals surface area contributed by atoms with Crippen LogP contribution < -0.4 is 55.6 Å². The van der Waals surface area contributed by atoms with Crippen molar-refractivity contribution in [1.29, 1.82) is 0 Å². The van der Waals surface area contributed by atoms with E-state index in [-0.39, 0.29) is 77.1 Å². The van der Waals surface area contributed by atoms with Crippen LogP contribution in [-0.4, -0.2) is 44.1 Å². The maximum absolute atomic E-state index is 15.6. The predicted octanol–water partition coefficient (Wildman–Crippen LogP) is 29.3. The van der Waals surface area contributed by atoms with E-state index < -0.39 is 49.2 Å². The Labute approximate surface area is 895 Å². The fraction of sp³-hybridized carbons (Fsp3) is 0.0877. The summed E-state index contributed by atoms with van der Waals surface area (Å²) in [7, 11) is -2.84. The van der Waals surface area contributed by atoms with Gasteiger partial charge in [-0.05, 0) is 292 Å². The van der Waals surface area contributed by atoms with Crippen molar-refractivity contribution in [3.05, 3.63) is 408 Å². The van der Waals surface area contributed by atoms with E-state index >= 15 is 28.8 Å². The quantitative estimate of drug-likeness (QED) is 0.0261. The highest BCUT2D eigenvalue weighted by molar-refractivity contribution is 8.37. The van der Waals surface area contributed by atoms with Crippen LogP contribution in [0.25, 0.3) is 120 Å². The lowest BCUT2D eigenvalue weighted by atomic mass is 9.97. The van der Waals surface area contributed by atoms with Gasteiger partial charge in [-0.15, -0.1) is 0 Å². The third-order valence-electron chi connectivity index (χ3n) is 25.4. The van der Waals surface area contributed by atoms with Gasteiger partial charge in [0.25, 0.3) is 0 Å². The number of benzene rings is 15. The summed E-state index contributed by atoms with van der Waals surface area (Å²) in [6, 6.07) is 70.6. The molecule has 8 heterocycles. The number of hydrogen-bond acceptors (Lipinski definition) is 29. The maximum Gasteiger partial charge on any atom is 0.343 e. The van der Waals surface area contributed by atoms with Crippen LogP contribution in [-0.2, 0) is 45.4 Å². The molecule has 0 aromatic heterocycles. The molecule has 13 nitrogen and oxygen atoms in total. The molecule has 0 bridgehead atoms. The highest BCUT2D eigenvalue weighted by atomic mass is 32.2. The molecule has 8 aliphatic heterocycles. The zero-order chi connectivity index (χ0) is 98.0. The Morgan fingerprint density at radius 2 is 0.389 bits per heavy atom. The molecule has 0 amide bonds. The molecule has 15 aromatic rings. The summed E-state index contributed by atoms with van der Waals surface area (Å²) in [6.45, 7) is 9.46. The average molecular weight is 2200 g/mol. The van der Waals surface area contributed by atoms with E-state index in [0.29, 0.717) is 22.3 Å². The lowest BCUT2D eigenvalue weighted by molar-refractivity contribution is 0.0452. The Bertz CT molecular complexity index is 8030. The van der Waals surface area contributed by atoms with Crippen LogP contribution >= 0.6 is 188 Å². The van der Waals surface area contributed by atoms with E-state index in [1.54, 1.807) is 188 Å². The second kappa shape index (κ2) is 41.8. The smallest absolute Gasteiger partial charge is 0.343 e. The highest BCUT2D eigenvalue weighted by Crippen LogP contribution is 2.49. The monoisotopic (exact) mass is 2190 g/mol. The number of hydrogen-bond donors (Lipinski definition) is 0. The van der Waals surface area contributed by atoms with E-state index in [1.807, 2.05) is 37.4 Å². The molecular formula is C114H76O13S16Si. The van der Waals surface area contributed by atoms with Crippen LogP contribution in [0.2, 0.25) is 18.1 Å². The highest BCUT2D eigenvalue weighted by Gasteiger charge is 2.40. The molecular weight excluding hydrogens is 2120 g/mol. The third kappa shape index (κ3) is 19.5. The largest absolute Gasteiger partial charge is 0.543 e. The number of fused-ring (bicyclic) bond motifs is 8. The lowest BCUT2D eigenvalue weighted by Gasteiger charge is -2.36. The van der Waals surface area contributed by atoms with Crippen LogP contribution in [0.5, 0.6) is 17.2 Å². The SMILES string of the molecule is CC(C)(C)[Si](C)(C)Oc1cc(C(=O)Oc2cc(C(=O)OCc3ccc4c(=C5SC=CS5)c5ccccc5c(=C5SC=CS5)c4c3)cc(C(=O)OCc3ccc4c(=C5SC=CS5)c5ccccc5c(=C5SC=CS5)c4c3)c2)cc(C(=O)Oc2cc(C(=O)OCc3ccc4c(=C5SC=CS5)c5ccccc5c(=C5SC=CS5)c4c3)cc(C(=O)OCc3ccc4c(=C5SC=CS5)c5ccccc5c(=C5SC=CS5)c4c3)c2)c1. The first kappa shape index (κ1) is 97.1. The number of carbonyl (C=O) groups excluding carboxylic acids is 6. The lowest BCUT2D eigenvalue weighted by Crippen LogP contribution is -2.43. The molecule has 144 heavy (non-hydrogen) atoms. The van der Waals surface area contributed by atoms with Gasteiger partial charge in [-0.1, -0.05) is 355 Å². The predicted molar refractivity (Wildman–Crippen MR) is 628 cm³/mol. The van der Waals surface area contributed by atoms with Gasteiger partial charge in [-0.25, -0.2) is 28.8 Å². The summed E-state index contributed by atoms with van der Waals surface area (Å²) >= 11 is 26.8. The molecule has 0 saturated carbocycles. The second-order valence-corrected chi connectivity index (χ2v) is 56.7. The zero-order valence-corrected chi connectivity index (χ0v) is 90.8. The van der Waals surface area contributed by atoms with E-state index in [9.17, 15) is 0 Å². The van der Waals surface area contributed by atoms with E-state index in [2.05, 4.69) is 253 Å². The first-order valence-electron chi connectivity index (χ1n) is 45.2. The van der Waals surface area contributed by atoms with Gasteiger partial charge in [0.1, 0.15) is 43.7 Å². The Morgan fingerprint density at radius 3 is 0.583 bits per heavy atom. The Kier molecular flexibility index (Phi) is 28.2. The average Bonchev–Trinajstić information content (AvgIpc) is 0.858. The molecule has 0 fully saturated rings. The molecule has 710 valence electrons. The number of ether oxygens (including phenoxy) is 6. The number of thioether (sulfide) groups is 16. The maximum atomic E-state index is 15.6. The summed E-state index contributed by atoms with van der Waals surface area (Å²) < 4.78 is 54.0. The van der Waals surface area contributed by atoms with Gasteiger partial charge in [-0.2, -0.15) is 0 Å². The summed E-state index contributed by atoms with van der Waals surface area (Å²) in [5, 5.41) is 58.8. The summed E-state index contributed by atoms with van der Waals surface area (Å²) in [5.41, 5.74) is 1.86. The first-order chi connectivity index (χ1) is 70.2. The third-order valence-corrected chi connectivity index (χ3v) is 46.8. The fourth-order valence-electron chi connectivity index (χ4n) is 18.0. The fourth-order valence-corrected chi connectivity index (χ4v) is 34.4. The summed E-state index contributed by atoms with van der Waals surface area (Å²) in [4.78, 5) is 91.8. The van der Waals surface area contributed by atoms with Gasteiger partial charge in [0.2, 0.25) is 8.32 Å². The minimum absolute atomic E-state index is 0.120. The van der Waals surface area contributed by atoms with Crippen LogP contribution in [0.4, 0.5) is 0 Å². The van der Waals surface area contributed by atoms with Gasteiger partial charge in [-0.3, -0.25) is 0 Å². The normalized spacial score (nSPS) is 15.5. The molecule has 23 rings (SSSR count). The van der Waals surface area contributed by atoms with Crippen LogP contribution in [0.15, 0.2) is 311 Å². The minimum atomic E-state index is -2.84. The van der Waals surface area contributed by atoms with Crippen molar-refractivity contribution in [2.24, 2.45) is 0 Å².